The number of ether oxygens (including phenoxy) is 2. The largest absolute Gasteiger partial charge is 0.462 e. The molecule has 0 saturated carbocycles. The van der Waals surface area contributed by atoms with Gasteiger partial charge in [-0.3, -0.25) is 9.59 Å². The molecule has 0 aliphatic carbocycles. The fraction of sp³-hybridized carbons (Fsp3) is 0.636. The number of carbonyl (C=O) groups excluding carboxylic acids is 2. The van der Waals surface area contributed by atoms with Gasteiger partial charge >= 0.3 is 5.97 Å². The Morgan fingerprint density at radius 1 is 1.00 bits per heavy atom. The van der Waals surface area contributed by atoms with E-state index in [0.717, 1.165) is 12.0 Å². The van der Waals surface area contributed by atoms with Crippen LogP contribution in [0, 0.1) is 0 Å². The summed E-state index contributed by atoms with van der Waals surface area (Å²) in [5, 5.41) is 0. The van der Waals surface area contributed by atoms with E-state index in [4.69, 9.17) is 9.47 Å². The van der Waals surface area contributed by atoms with Crippen molar-refractivity contribution in [2.24, 2.45) is 0 Å². The van der Waals surface area contributed by atoms with Gasteiger partial charge in [-0.05, 0) is 55.4 Å². The van der Waals surface area contributed by atoms with Crippen LogP contribution < -0.4 is 0 Å². The molecule has 0 bridgehead atoms. The number of benzene rings is 1. The average molecular weight is 378 g/mol. The maximum absolute atomic E-state index is 13.2. The van der Waals surface area contributed by atoms with Crippen molar-refractivity contribution in [2.45, 2.75) is 65.8 Å². The van der Waals surface area contributed by atoms with Gasteiger partial charge in [-0.1, -0.05) is 33.8 Å². The van der Waals surface area contributed by atoms with Crippen LogP contribution in [0.25, 0.3) is 0 Å². The minimum Gasteiger partial charge on any atom is -0.462 e. The highest BCUT2D eigenvalue weighted by Crippen LogP contribution is 2.26. The zero-order valence-corrected chi connectivity index (χ0v) is 17.9. The van der Waals surface area contributed by atoms with Gasteiger partial charge in [0.25, 0.3) is 5.91 Å². The highest BCUT2D eigenvalue weighted by atomic mass is 16.6. The van der Waals surface area contributed by atoms with E-state index in [2.05, 4.69) is 33.8 Å². The van der Waals surface area contributed by atoms with Gasteiger partial charge in [0.2, 0.25) is 0 Å². The third kappa shape index (κ3) is 6.98. The molecule has 1 unspecified atom stereocenters. The maximum Gasteiger partial charge on any atom is 0.325 e. The van der Waals surface area contributed by atoms with Gasteiger partial charge < -0.3 is 14.4 Å². The molecule has 0 heterocycles. The van der Waals surface area contributed by atoms with Crippen molar-refractivity contribution in [1.29, 1.82) is 0 Å². The molecule has 0 fully saturated rings. The number of nitrogens with zero attached hydrogens (tertiary/aromatic N) is 1. The van der Waals surface area contributed by atoms with Gasteiger partial charge in [-0.2, -0.15) is 0 Å². The molecule has 1 rings (SSSR count). The number of hydrogen-bond acceptors (Lipinski definition) is 4. The third-order valence-electron chi connectivity index (χ3n) is 4.81. The van der Waals surface area contributed by atoms with Gasteiger partial charge in [0, 0.05) is 18.7 Å². The van der Waals surface area contributed by atoms with Crippen LogP contribution in [0.5, 0.6) is 0 Å². The second-order valence-corrected chi connectivity index (χ2v) is 7.59. The standard InChI is InChI=1S/C22H35NO4/c1-8-17(6)19-11-18(15(2)3)12-20(13-19)22(25)23(16(4)5)14-21(24)27-10-9-26-7/h11-13,15-17H,8-10,14H2,1-7H3. The van der Waals surface area contributed by atoms with E-state index < -0.39 is 5.97 Å². The van der Waals surface area contributed by atoms with Gasteiger partial charge in [-0.25, -0.2) is 0 Å². The first-order valence-electron chi connectivity index (χ1n) is 9.81. The van der Waals surface area contributed by atoms with E-state index in [1.54, 1.807) is 12.0 Å². The monoisotopic (exact) mass is 377 g/mol. The molecule has 1 aromatic carbocycles. The van der Waals surface area contributed by atoms with Crippen LogP contribution in [0.1, 0.15) is 81.3 Å². The molecule has 0 saturated heterocycles. The lowest BCUT2D eigenvalue weighted by Crippen LogP contribution is -2.41. The summed E-state index contributed by atoms with van der Waals surface area (Å²) in [6.45, 7) is 12.8. The Morgan fingerprint density at radius 2 is 1.63 bits per heavy atom. The molecule has 1 atom stereocenters. The Balaban J connectivity index is 3.10. The van der Waals surface area contributed by atoms with Gasteiger partial charge in [0.05, 0.1) is 6.61 Å². The number of esters is 1. The van der Waals surface area contributed by atoms with Crippen molar-refractivity contribution < 1.29 is 19.1 Å². The van der Waals surface area contributed by atoms with Crippen molar-refractivity contribution in [3.05, 3.63) is 34.9 Å². The Morgan fingerprint density at radius 3 is 2.15 bits per heavy atom. The minimum atomic E-state index is -0.420. The fourth-order valence-electron chi connectivity index (χ4n) is 2.73. The molecule has 0 aromatic heterocycles. The first-order chi connectivity index (χ1) is 12.7. The second-order valence-electron chi connectivity index (χ2n) is 7.59. The molecule has 27 heavy (non-hydrogen) atoms. The van der Waals surface area contributed by atoms with Crippen LogP contribution in [0.2, 0.25) is 0 Å². The quantitative estimate of drug-likeness (QED) is 0.449. The van der Waals surface area contributed by atoms with E-state index in [-0.39, 0.29) is 25.1 Å². The zero-order valence-electron chi connectivity index (χ0n) is 17.9. The number of hydrogen-bond donors (Lipinski definition) is 0. The first-order valence-corrected chi connectivity index (χ1v) is 9.81. The van der Waals surface area contributed by atoms with Gasteiger partial charge in [0.1, 0.15) is 13.2 Å². The summed E-state index contributed by atoms with van der Waals surface area (Å²) in [7, 11) is 1.55. The molecule has 0 radical (unpaired) electrons. The summed E-state index contributed by atoms with van der Waals surface area (Å²) in [4.78, 5) is 26.8. The third-order valence-corrected chi connectivity index (χ3v) is 4.81. The lowest BCUT2D eigenvalue weighted by Gasteiger charge is -2.27. The second kappa shape index (κ2) is 11.1. The number of methoxy groups -OCH3 is 1. The van der Waals surface area contributed by atoms with Crippen molar-refractivity contribution in [3.8, 4) is 0 Å². The SMILES string of the molecule is CCC(C)c1cc(C(=O)N(CC(=O)OCCOC)C(C)C)cc(C(C)C)c1. The van der Waals surface area contributed by atoms with Crippen molar-refractivity contribution in [2.75, 3.05) is 26.9 Å². The topological polar surface area (TPSA) is 55.8 Å². The molecule has 0 aliphatic heterocycles. The number of carbonyl (C=O) groups is 2. The fourth-order valence-corrected chi connectivity index (χ4v) is 2.73. The number of amides is 1. The van der Waals surface area contributed by atoms with E-state index >= 15 is 0 Å². The van der Waals surface area contributed by atoms with E-state index in [1.165, 1.54) is 5.56 Å². The van der Waals surface area contributed by atoms with Crippen LogP contribution in [0.4, 0.5) is 0 Å². The first kappa shape index (κ1) is 23.2. The predicted molar refractivity (Wildman–Crippen MR) is 108 cm³/mol. The van der Waals surface area contributed by atoms with Gasteiger partial charge in [0.15, 0.2) is 0 Å². The smallest absolute Gasteiger partial charge is 0.325 e. The molecule has 0 aliphatic rings. The molecule has 1 aromatic rings. The highest BCUT2D eigenvalue weighted by Gasteiger charge is 2.24. The summed E-state index contributed by atoms with van der Waals surface area (Å²) in [5.41, 5.74) is 2.94. The minimum absolute atomic E-state index is 0.0647. The van der Waals surface area contributed by atoms with Gasteiger partial charge in [-0.15, -0.1) is 0 Å². The van der Waals surface area contributed by atoms with Crippen LogP contribution in [0.15, 0.2) is 18.2 Å². The lowest BCUT2D eigenvalue weighted by atomic mass is 9.91. The summed E-state index contributed by atoms with van der Waals surface area (Å²) in [6.07, 6.45) is 1.01. The van der Waals surface area contributed by atoms with Crippen molar-refractivity contribution >= 4 is 11.9 Å². The lowest BCUT2D eigenvalue weighted by molar-refractivity contribution is -0.146. The Kier molecular flexibility index (Phi) is 9.50. The highest BCUT2D eigenvalue weighted by molar-refractivity contribution is 5.96. The average Bonchev–Trinajstić information content (AvgIpc) is 2.64. The number of rotatable bonds is 10. The maximum atomic E-state index is 13.2. The van der Waals surface area contributed by atoms with Crippen LogP contribution in [-0.4, -0.2) is 49.7 Å². The Labute approximate surface area is 164 Å². The van der Waals surface area contributed by atoms with Crippen LogP contribution in [-0.2, 0) is 14.3 Å². The van der Waals surface area contributed by atoms with Crippen LogP contribution in [0.3, 0.4) is 0 Å². The van der Waals surface area contributed by atoms with Crippen molar-refractivity contribution in [3.63, 3.8) is 0 Å². The predicted octanol–water partition coefficient (Wildman–Crippen LogP) is 4.36. The Hall–Kier alpha value is -1.88. The molecule has 5 nitrogen and oxygen atoms in total. The molecule has 1 amide bonds. The summed E-state index contributed by atoms with van der Waals surface area (Å²) in [5.74, 6) is 0.144. The van der Waals surface area contributed by atoms with E-state index in [1.807, 2.05) is 26.0 Å². The normalized spacial score (nSPS) is 12.3. The molecule has 0 spiro atoms. The Bertz CT molecular complexity index is 625. The molecule has 0 N–H and O–H groups in total. The molecular formula is C22H35NO4. The van der Waals surface area contributed by atoms with E-state index in [9.17, 15) is 9.59 Å². The summed E-state index contributed by atoms with van der Waals surface area (Å²) >= 11 is 0. The van der Waals surface area contributed by atoms with Crippen molar-refractivity contribution in [1.82, 2.24) is 4.90 Å². The van der Waals surface area contributed by atoms with E-state index in [0.29, 0.717) is 24.0 Å². The molecular weight excluding hydrogens is 342 g/mol. The van der Waals surface area contributed by atoms with Crippen LogP contribution >= 0.6 is 0 Å². The summed E-state index contributed by atoms with van der Waals surface area (Å²) in [6, 6.07) is 5.99. The molecule has 5 heteroatoms. The molecule has 152 valence electrons. The zero-order chi connectivity index (χ0) is 20.6. The summed E-state index contributed by atoms with van der Waals surface area (Å²) < 4.78 is 10.0.